The standard InChI is InChI=1S/C19H12ClN5/c1-12-8-16(14-5-3-7-22-11-14)17(10-21)19-23-18(24-25(12)19)13-4-2-6-15(20)9-13/h2-9,11H,1H3. The van der Waals surface area contributed by atoms with Crippen LogP contribution in [0.2, 0.25) is 5.02 Å². The van der Waals surface area contributed by atoms with Crippen LogP contribution in [-0.4, -0.2) is 19.6 Å². The minimum Gasteiger partial charge on any atom is -0.264 e. The highest BCUT2D eigenvalue weighted by molar-refractivity contribution is 6.30. The van der Waals surface area contributed by atoms with Crippen LogP contribution >= 0.6 is 11.6 Å². The number of pyridine rings is 2. The van der Waals surface area contributed by atoms with Crippen molar-refractivity contribution in [2.24, 2.45) is 0 Å². The Morgan fingerprint density at radius 2 is 1.96 bits per heavy atom. The van der Waals surface area contributed by atoms with E-state index in [1.54, 1.807) is 29.0 Å². The van der Waals surface area contributed by atoms with Crippen LogP contribution in [-0.2, 0) is 0 Å². The molecular weight excluding hydrogens is 334 g/mol. The lowest BCUT2D eigenvalue weighted by Gasteiger charge is -2.07. The molecule has 0 aliphatic heterocycles. The molecule has 6 heteroatoms. The normalized spacial score (nSPS) is 10.8. The van der Waals surface area contributed by atoms with Crippen molar-refractivity contribution in [2.75, 3.05) is 0 Å². The quantitative estimate of drug-likeness (QED) is 0.543. The summed E-state index contributed by atoms with van der Waals surface area (Å²) in [4.78, 5) is 8.73. The van der Waals surface area contributed by atoms with Gasteiger partial charge in [-0.05, 0) is 31.2 Å². The van der Waals surface area contributed by atoms with Gasteiger partial charge in [-0.15, -0.1) is 5.10 Å². The zero-order valence-electron chi connectivity index (χ0n) is 13.3. The van der Waals surface area contributed by atoms with E-state index in [0.717, 1.165) is 22.4 Å². The minimum atomic E-state index is 0.472. The fourth-order valence-electron chi connectivity index (χ4n) is 2.79. The second-order valence-corrected chi connectivity index (χ2v) is 6.05. The topological polar surface area (TPSA) is 66.9 Å². The first-order valence-corrected chi connectivity index (χ1v) is 8.02. The molecule has 0 aliphatic carbocycles. The third-order valence-electron chi connectivity index (χ3n) is 3.95. The summed E-state index contributed by atoms with van der Waals surface area (Å²) in [7, 11) is 0. The summed E-state index contributed by atoms with van der Waals surface area (Å²) in [5.41, 5.74) is 4.36. The van der Waals surface area contributed by atoms with Gasteiger partial charge in [-0.25, -0.2) is 9.50 Å². The van der Waals surface area contributed by atoms with Crippen molar-refractivity contribution in [3.8, 4) is 28.6 Å². The molecule has 0 saturated heterocycles. The number of nitriles is 1. The maximum atomic E-state index is 9.72. The van der Waals surface area contributed by atoms with Gasteiger partial charge in [0.1, 0.15) is 11.6 Å². The first kappa shape index (κ1) is 15.3. The lowest BCUT2D eigenvalue weighted by molar-refractivity contribution is 0.917. The third-order valence-corrected chi connectivity index (χ3v) is 4.19. The Bertz CT molecular complexity index is 1130. The molecule has 1 aromatic carbocycles. The van der Waals surface area contributed by atoms with Crippen LogP contribution in [0.15, 0.2) is 54.9 Å². The maximum Gasteiger partial charge on any atom is 0.182 e. The van der Waals surface area contributed by atoms with Crippen molar-refractivity contribution in [2.45, 2.75) is 6.92 Å². The fourth-order valence-corrected chi connectivity index (χ4v) is 2.98. The predicted molar refractivity (Wildman–Crippen MR) is 96.1 cm³/mol. The average Bonchev–Trinajstić information content (AvgIpc) is 3.08. The van der Waals surface area contributed by atoms with E-state index in [4.69, 9.17) is 11.6 Å². The van der Waals surface area contributed by atoms with Gasteiger partial charge in [-0.3, -0.25) is 4.98 Å². The van der Waals surface area contributed by atoms with E-state index in [9.17, 15) is 5.26 Å². The Hall–Kier alpha value is -3.23. The molecule has 0 aliphatic rings. The second-order valence-electron chi connectivity index (χ2n) is 5.61. The maximum absolute atomic E-state index is 9.72. The molecule has 3 aromatic heterocycles. The zero-order valence-corrected chi connectivity index (χ0v) is 14.1. The molecular formula is C19H12ClN5. The van der Waals surface area contributed by atoms with Crippen molar-refractivity contribution < 1.29 is 0 Å². The smallest absolute Gasteiger partial charge is 0.182 e. The Morgan fingerprint density at radius 1 is 1.12 bits per heavy atom. The van der Waals surface area contributed by atoms with Gasteiger partial charge in [0.15, 0.2) is 11.5 Å². The first-order valence-electron chi connectivity index (χ1n) is 7.64. The van der Waals surface area contributed by atoms with Crippen LogP contribution in [0.1, 0.15) is 11.3 Å². The highest BCUT2D eigenvalue weighted by Crippen LogP contribution is 2.28. The number of fused-ring (bicyclic) bond motifs is 1. The number of nitrogens with zero attached hydrogens (tertiary/aromatic N) is 5. The van der Waals surface area contributed by atoms with E-state index in [0.29, 0.717) is 22.1 Å². The summed E-state index contributed by atoms with van der Waals surface area (Å²) < 4.78 is 1.69. The fraction of sp³-hybridized carbons (Fsp3) is 0.0526. The number of aryl methyl sites for hydroxylation is 1. The molecule has 0 saturated carbocycles. The second kappa shape index (κ2) is 6.00. The predicted octanol–water partition coefficient (Wildman–Crippen LogP) is 4.29. The van der Waals surface area contributed by atoms with Crippen LogP contribution in [0, 0.1) is 18.3 Å². The van der Waals surface area contributed by atoms with E-state index in [2.05, 4.69) is 21.1 Å². The van der Waals surface area contributed by atoms with Crippen LogP contribution in [0.4, 0.5) is 0 Å². The molecule has 0 spiro atoms. The SMILES string of the molecule is Cc1cc(-c2cccnc2)c(C#N)c2nc(-c3cccc(Cl)c3)nn12. The summed E-state index contributed by atoms with van der Waals surface area (Å²) in [5, 5.41) is 14.9. The van der Waals surface area contributed by atoms with Crippen molar-refractivity contribution in [1.82, 2.24) is 19.6 Å². The Balaban J connectivity index is 1.99. The van der Waals surface area contributed by atoms with Crippen LogP contribution < -0.4 is 0 Å². The Kier molecular flexibility index (Phi) is 3.68. The molecule has 0 unspecified atom stereocenters. The monoisotopic (exact) mass is 345 g/mol. The molecule has 0 bridgehead atoms. The number of hydrogen-bond acceptors (Lipinski definition) is 4. The van der Waals surface area contributed by atoms with Gasteiger partial charge in [0.2, 0.25) is 0 Å². The molecule has 0 amide bonds. The molecule has 25 heavy (non-hydrogen) atoms. The number of aromatic nitrogens is 4. The van der Waals surface area contributed by atoms with E-state index in [1.807, 2.05) is 37.3 Å². The van der Waals surface area contributed by atoms with Crippen LogP contribution in [0.5, 0.6) is 0 Å². The molecule has 120 valence electrons. The van der Waals surface area contributed by atoms with Crippen molar-refractivity contribution >= 4 is 17.2 Å². The lowest BCUT2D eigenvalue weighted by Crippen LogP contribution is -1.99. The van der Waals surface area contributed by atoms with Gasteiger partial charge in [-0.2, -0.15) is 5.26 Å². The summed E-state index contributed by atoms with van der Waals surface area (Å²) >= 11 is 6.07. The van der Waals surface area contributed by atoms with E-state index in [1.165, 1.54) is 0 Å². The summed E-state index contributed by atoms with van der Waals surface area (Å²) in [6.45, 7) is 1.93. The molecule has 0 N–H and O–H groups in total. The Morgan fingerprint density at radius 3 is 2.68 bits per heavy atom. The van der Waals surface area contributed by atoms with E-state index in [-0.39, 0.29) is 0 Å². The van der Waals surface area contributed by atoms with Crippen molar-refractivity contribution in [3.63, 3.8) is 0 Å². The molecule has 0 fully saturated rings. The largest absolute Gasteiger partial charge is 0.264 e. The molecule has 0 atom stereocenters. The van der Waals surface area contributed by atoms with E-state index >= 15 is 0 Å². The number of hydrogen-bond donors (Lipinski definition) is 0. The van der Waals surface area contributed by atoms with Crippen molar-refractivity contribution in [3.05, 3.63) is 71.1 Å². The van der Waals surface area contributed by atoms with Gasteiger partial charge < -0.3 is 0 Å². The van der Waals surface area contributed by atoms with Crippen LogP contribution in [0.25, 0.3) is 28.2 Å². The Labute approximate surface area is 149 Å². The van der Waals surface area contributed by atoms with Gasteiger partial charge in [-0.1, -0.05) is 29.8 Å². The summed E-state index contributed by atoms with van der Waals surface area (Å²) in [6.07, 6.45) is 3.44. The number of benzene rings is 1. The molecule has 4 aromatic rings. The lowest BCUT2D eigenvalue weighted by atomic mass is 10.0. The summed E-state index contributed by atoms with van der Waals surface area (Å²) in [6, 6.07) is 15.3. The van der Waals surface area contributed by atoms with Crippen molar-refractivity contribution in [1.29, 1.82) is 5.26 Å². The molecule has 4 rings (SSSR count). The summed E-state index contributed by atoms with van der Waals surface area (Å²) in [5.74, 6) is 0.533. The molecule has 3 heterocycles. The van der Waals surface area contributed by atoms with Crippen LogP contribution in [0.3, 0.4) is 0 Å². The van der Waals surface area contributed by atoms with Gasteiger partial charge >= 0.3 is 0 Å². The van der Waals surface area contributed by atoms with Gasteiger partial charge in [0, 0.05) is 39.8 Å². The number of halogens is 1. The highest BCUT2D eigenvalue weighted by Gasteiger charge is 2.17. The average molecular weight is 346 g/mol. The van der Waals surface area contributed by atoms with E-state index < -0.39 is 0 Å². The van der Waals surface area contributed by atoms with Gasteiger partial charge in [0.25, 0.3) is 0 Å². The number of rotatable bonds is 2. The highest BCUT2D eigenvalue weighted by atomic mass is 35.5. The first-order chi connectivity index (χ1) is 12.2. The molecule has 0 radical (unpaired) electrons. The minimum absolute atomic E-state index is 0.472. The molecule has 5 nitrogen and oxygen atoms in total. The zero-order chi connectivity index (χ0) is 17.4. The van der Waals surface area contributed by atoms with Gasteiger partial charge in [0.05, 0.1) is 0 Å². The third kappa shape index (κ3) is 2.63.